The monoisotopic (exact) mass is 462 g/mol. The van der Waals surface area contributed by atoms with Gasteiger partial charge in [0.15, 0.2) is 0 Å². The molecule has 7 nitrogen and oxygen atoms in total. The van der Waals surface area contributed by atoms with E-state index < -0.39 is 0 Å². The van der Waals surface area contributed by atoms with Crippen LogP contribution in [0.3, 0.4) is 0 Å². The van der Waals surface area contributed by atoms with Crippen molar-refractivity contribution >= 4 is 17.6 Å². The number of likely N-dealkylation sites (tertiary alicyclic amines) is 2. The number of nitrogen functional groups attached to an aromatic ring is 1. The second kappa shape index (κ2) is 8.69. The van der Waals surface area contributed by atoms with Gasteiger partial charge in [0.2, 0.25) is 0 Å². The highest BCUT2D eigenvalue weighted by Crippen LogP contribution is 2.46. The molecule has 3 aliphatic rings. The van der Waals surface area contributed by atoms with Gasteiger partial charge in [0.1, 0.15) is 5.60 Å². The summed E-state index contributed by atoms with van der Waals surface area (Å²) in [6, 6.07) is 11.7. The van der Waals surface area contributed by atoms with E-state index in [1.54, 1.807) is 12.3 Å². The zero-order valence-corrected chi connectivity index (χ0v) is 20.1. The molecule has 1 atom stereocenters. The number of cyclic esters (lactones) is 1. The fourth-order valence-electron chi connectivity index (χ4n) is 6.11. The summed E-state index contributed by atoms with van der Waals surface area (Å²) in [7, 11) is 0. The van der Waals surface area contributed by atoms with Crippen LogP contribution in [0.1, 0.15) is 56.3 Å². The van der Waals surface area contributed by atoms with E-state index in [9.17, 15) is 9.59 Å². The van der Waals surface area contributed by atoms with Crippen LogP contribution in [0.25, 0.3) is 11.3 Å². The maximum absolute atomic E-state index is 13.4. The molecule has 180 valence electrons. The van der Waals surface area contributed by atoms with E-state index in [0.29, 0.717) is 30.4 Å². The molecule has 3 aliphatic heterocycles. The number of aromatic nitrogens is 1. The van der Waals surface area contributed by atoms with Crippen molar-refractivity contribution in [3.8, 4) is 11.3 Å². The SMILES string of the molecule is CC1(C)CC2(CCCN(C3CCN(C(=O)c4cc(-c5ccccn5)ccc4N)CC3)C2)C(=O)O1. The minimum absolute atomic E-state index is 0.0232. The van der Waals surface area contributed by atoms with Crippen LogP contribution in [-0.2, 0) is 9.53 Å². The molecule has 3 fully saturated rings. The topological polar surface area (TPSA) is 88.8 Å². The van der Waals surface area contributed by atoms with Gasteiger partial charge in [-0.05, 0) is 70.3 Å². The number of carbonyl (C=O) groups excluding carboxylic acids is 2. The summed E-state index contributed by atoms with van der Waals surface area (Å²) in [5.41, 5.74) is 8.20. The summed E-state index contributed by atoms with van der Waals surface area (Å²) in [4.78, 5) is 34.9. The van der Waals surface area contributed by atoms with Gasteiger partial charge in [0, 0.05) is 49.5 Å². The predicted molar refractivity (Wildman–Crippen MR) is 131 cm³/mol. The standard InChI is InChI=1S/C27H34N4O3/c1-26(2)17-27(25(33)34-26)11-5-13-31(18-27)20-9-14-30(15-10-20)24(32)21-16-19(7-8-22(21)28)23-6-3-4-12-29-23/h3-4,6-8,12,16,20H,5,9-11,13-15,17-18,28H2,1-2H3. The summed E-state index contributed by atoms with van der Waals surface area (Å²) >= 11 is 0. The number of piperidine rings is 2. The number of nitrogens with zero attached hydrogens (tertiary/aromatic N) is 3. The van der Waals surface area contributed by atoms with Gasteiger partial charge in [0.25, 0.3) is 5.91 Å². The molecule has 2 aromatic rings. The van der Waals surface area contributed by atoms with Gasteiger partial charge in [0.05, 0.1) is 16.7 Å². The second-order valence-electron chi connectivity index (χ2n) is 10.7. The molecule has 4 heterocycles. The fraction of sp³-hybridized carbons (Fsp3) is 0.519. The van der Waals surface area contributed by atoms with E-state index in [1.165, 1.54) is 0 Å². The number of pyridine rings is 1. The van der Waals surface area contributed by atoms with Crippen molar-refractivity contribution in [1.29, 1.82) is 0 Å². The van der Waals surface area contributed by atoms with Crippen molar-refractivity contribution in [2.75, 3.05) is 31.9 Å². The van der Waals surface area contributed by atoms with Crippen molar-refractivity contribution in [2.45, 2.75) is 57.6 Å². The van der Waals surface area contributed by atoms with Crippen molar-refractivity contribution in [3.63, 3.8) is 0 Å². The zero-order valence-electron chi connectivity index (χ0n) is 20.1. The van der Waals surface area contributed by atoms with Crippen LogP contribution in [0.4, 0.5) is 5.69 Å². The summed E-state index contributed by atoms with van der Waals surface area (Å²) < 4.78 is 5.69. The van der Waals surface area contributed by atoms with Gasteiger partial charge in [-0.2, -0.15) is 0 Å². The summed E-state index contributed by atoms with van der Waals surface area (Å²) in [5.74, 6) is -0.0527. The first kappa shape index (κ1) is 22.8. The Hall–Kier alpha value is -2.93. The smallest absolute Gasteiger partial charge is 0.314 e. The quantitative estimate of drug-likeness (QED) is 0.552. The Labute approximate surface area is 201 Å². The first-order valence-corrected chi connectivity index (χ1v) is 12.3. The van der Waals surface area contributed by atoms with Crippen LogP contribution in [0, 0.1) is 5.41 Å². The summed E-state index contributed by atoms with van der Waals surface area (Å²) in [5, 5.41) is 0. The highest BCUT2D eigenvalue weighted by Gasteiger charge is 2.54. The van der Waals surface area contributed by atoms with Gasteiger partial charge in [-0.25, -0.2) is 0 Å². The molecule has 0 bridgehead atoms. The van der Waals surface area contributed by atoms with Crippen LogP contribution in [0.2, 0.25) is 0 Å². The highest BCUT2D eigenvalue weighted by atomic mass is 16.6. The predicted octanol–water partition coefficient (Wildman–Crippen LogP) is 3.74. The number of carbonyl (C=O) groups is 2. The molecule has 2 N–H and O–H groups in total. The first-order chi connectivity index (χ1) is 16.3. The van der Waals surface area contributed by atoms with E-state index >= 15 is 0 Å². The number of amides is 1. The Kier molecular flexibility index (Phi) is 5.84. The Morgan fingerprint density at radius 1 is 1.15 bits per heavy atom. The summed E-state index contributed by atoms with van der Waals surface area (Å²) in [6.07, 6.45) is 6.27. The molecule has 1 aromatic heterocycles. The highest BCUT2D eigenvalue weighted by molar-refractivity contribution is 6.00. The maximum atomic E-state index is 13.4. The third kappa shape index (κ3) is 4.29. The van der Waals surface area contributed by atoms with E-state index in [-0.39, 0.29) is 22.9 Å². The molecule has 0 radical (unpaired) electrons. The molecule has 1 spiro atoms. The fourth-order valence-corrected chi connectivity index (χ4v) is 6.11. The lowest BCUT2D eigenvalue weighted by Crippen LogP contribution is -2.53. The molecule has 3 saturated heterocycles. The van der Waals surface area contributed by atoms with Crippen molar-refractivity contribution in [2.24, 2.45) is 5.41 Å². The number of anilines is 1. The number of hydrogen-bond donors (Lipinski definition) is 1. The summed E-state index contributed by atoms with van der Waals surface area (Å²) in [6.45, 7) is 7.18. The number of benzene rings is 1. The van der Waals surface area contributed by atoms with E-state index in [0.717, 1.165) is 56.5 Å². The Morgan fingerprint density at radius 2 is 1.94 bits per heavy atom. The normalized spacial score (nSPS) is 25.5. The Balaban J connectivity index is 1.24. The molecule has 0 saturated carbocycles. The van der Waals surface area contributed by atoms with Crippen molar-refractivity contribution < 1.29 is 14.3 Å². The molecular weight excluding hydrogens is 428 g/mol. The molecule has 34 heavy (non-hydrogen) atoms. The van der Waals surface area contributed by atoms with Gasteiger partial charge >= 0.3 is 5.97 Å². The third-order valence-electron chi connectivity index (χ3n) is 7.68. The molecule has 5 rings (SSSR count). The van der Waals surface area contributed by atoms with Gasteiger partial charge < -0.3 is 15.4 Å². The molecule has 1 unspecified atom stereocenters. The number of ether oxygens (including phenoxy) is 1. The van der Waals surface area contributed by atoms with Crippen LogP contribution in [0.15, 0.2) is 42.6 Å². The Bertz CT molecular complexity index is 1080. The third-order valence-corrected chi connectivity index (χ3v) is 7.68. The van der Waals surface area contributed by atoms with Crippen LogP contribution < -0.4 is 5.73 Å². The van der Waals surface area contributed by atoms with E-state index in [2.05, 4.69) is 9.88 Å². The van der Waals surface area contributed by atoms with Gasteiger partial charge in [-0.15, -0.1) is 0 Å². The second-order valence-corrected chi connectivity index (χ2v) is 10.7. The number of rotatable bonds is 3. The van der Waals surface area contributed by atoms with E-state index in [1.807, 2.05) is 49.1 Å². The molecular formula is C27H34N4O3. The van der Waals surface area contributed by atoms with Gasteiger partial charge in [-0.3, -0.25) is 19.5 Å². The lowest BCUT2D eigenvalue weighted by molar-refractivity contribution is -0.154. The van der Waals surface area contributed by atoms with Crippen LogP contribution >= 0.6 is 0 Å². The lowest BCUT2D eigenvalue weighted by Gasteiger charge is -2.44. The minimum Gasteiger partial charge on any atom is -0.459 e. The number of esters is 1. The molecule has 1 amide bonds. The lowest BCUT2D eigenvalue weighted by atomic mass is 9.74. The molecule has 0 aliphatic carbocycles. The van der Waals surface area contributed by atoms with E-state index in [4.69, 9.17) is 10.5 Å². The first-order valence-electron chi connectivity index (χ1n) is 12.3. The largest absolute Gasteiger partial charge is 0.459 e. The zero-order chi connectivity index (χ0) is 23.9. The number of hydrogen-bond acceptors (Lipinski definition) is 6. The maximum Gasteiger partial charge on any atom is 0.314 e. The Morgan fingerprint density at radius 3 is 2.62 bits per heavy atom. The van der Waals surface area contributed by atoms with Crippen molar-refractivity contribution in [3.05, 3.63) is 48.2 Å². The molecule has 7 heteroatoms. The molecule has 1 aromatic carbocycles. The van der Waals surface area contributed by atoms with Crippen molar-refractivity contribution in [1.82, 2.24) is 14.8 Å². The van der Waals surface area contributed by atoms with Gasteiger partial charge in [-0.1, -0.05) is 12.1 Å². The average molecular weight is 463 g/mol. The van der Waals surface area contributed by atoms with Crippen LogP contribution in [-0.4, -0.2) is 64.5 Å². The van der Waals surface area contributed by atoms with Crippen LogP contribution in [0.5, 0.6) is 0 Å². The number of nitrogens with two attached hydrogens (primary N) is 1. The average Bonchev–Trinajstić information content (AvgIpc) is 3.06. The minimum atomic E-state index is -0.375.